The first-order chi connectivity index (χ1) is 23.2. The van der Waals surface area contributed by atoms with Gasteiger partial charge >= 0.3 is 23.5 Å². The maximum absolute atomic E-state index is 16.5. The quantitative estimate of drug-likeness (QED) is 0.142. The molecule has 10 nitrogen and oxygen atoms in total. The van der Waals surface area contributed by atoms with Gasteiger partial charge < -0.3 is 19.5 Å². The molecule has 0 saturated carbocycles. The number of carboxylic acid groups (broad SMARTS) is 1. The predicted molar refractivity (Wildman–Crippen MR) is 175 cm³/mol. The number of ether oxygens (including phenoxy) is 2. The highest BCUT2D eigenvalue weighted by molar-refractivity contribution is 7.93. The van der Waals surface area contributed by atoms with Gasteiger partial charge in [-0.05, 0) is 49.4 Å². The molecule has 1 atom stereocenters. The van der Waals surface area contributed by atoms with E-state index >= 15 is 8.78 Å². The Labute approximate surface area is 288 Å². The Hall–Kier alpha value is -4.25. The molecule has 0 bridgehead atoms. The van der Waals surface area contributed by atoms with E-state index in [-0.39, 0.29) is 58.2 Å². The van der Waals surface area contributed by atoms with Crippen LogP contribution in [0.25, 0.3) is 16.0 Å². The van der Waals surface area contributed by atoms with Gasteiger partial charge in [0.1, 0.15) is 23.2 Å². The van der Waals surface area contributed by atoms with E-state index in [4.69, 9.17) is 9.47 Å². The molecule has 1 saturated heterocycles. The van der Waals surface area contributed by atoms with Gasteiger partial charge in [0.2, 0.25) is 9.84 Å². The van der Waals surface area contributed by atoms with Crippen LogP contribution in [0.4, 0.5) is 26.7 Å². The van der Waals surface area contributed by atoms with Gasteiger partial charge in [-0.2, -0.15) is 22.0 Å². The van der Waals surface area contributed by atoms with E-state index < -0.39 is 60.7 Å². The van der Waals surface area contributed by atoms with Crippen molar-refractivity contribution < 1.29 is 54.5 Å². The van der Waals surface area contributed by atoms with Gasteiger partial charge in [0.15, 0.2) is 4.88 Å². The molecular weight excluding hydrogens is 710 g/mol. The number of imidazole rings is 1. The lowest BCUT2D eigenvalue weighted by atomic mass is 9.74. The second-order valence-corrected chi connectivity index (χ2v) is 16.3. The zero-order chi connectivity index (χ0) is 37.0. The number of rotatable bonds is 8. The second-order valence-electron chi connectivity index (χ2n) is 13.0. The summed E-state index contributed by atoms with van der Waals surface area (Å²) >= 11 is 0.801. The van der Waals surface area contributed by atoms with Crippen LogP contribution in [0.2, 0.25) is 0 Å². The normalized spacial score (nSPS) is 16.3. The average molecular weight is 744 g/mol. The molecule has 4 aromatic rings. The van der Waals surface area contributed by atoms with Crippen molar-refractivity contribution in [2.24, 2.45) is 5.41 Å². The molecular formula is C33H34F5N3O7S2. The summed E-state index contributed by atoms with van der Waals surface area (Å²) in [6, 6.07) is 9.30. The summed E-state index contributed by atoms with van der Waals surface area (Å²) in [7, 11) is -4.22. The van der Waals surface area contributed by atoms with Gasteiger partial charge in [0, 0.05) is 30.3 Å². The molecule has 1 N–H and O–H groups in total. The van der Waals surface area contributed by atoms with E-state index in [1.807, 2.05) is 0 Å². The fourth-order valence-electron chi connectivity index (χ4n) is 6.41. The topological polar surface area (TPSA) is 128 Å². The fraction of sp³-hybridized carbons (Fsp3) is 0.424. The minimum Gasteiger partial charge on any atom is -0.484 e. The standard InChI is InChI=1S/C33H34F5N3O7S2/c1-19(21-8-6-7-9-22(21)32(34,35)36)48-25-17-26(49-27(25)28(42)47-5)41-18-39-23-11-10-20(16-24(23)41)33(37,38)50(45,46)31(30(2,3)4)12-14-40(15-13-31)29(43)44/h6-11,16-19H,12-15H2,1-5H3,(H,43,44)/t19-/m1/s1. The highest BCUT2D eigenvalue weighted by Gasteiger charge is 2.64. The van der Waals surface area contributed by atoms with E-state index in [1.165, 1.54) is 68.9 Å². The molecule has 0 unspecified atom stereocenters. The Bertz CT molecular complexity index is 2040. The van der Waals surface area contributed by atoms with E-state index in [2.05, 4.69) is 4.98 Å². The molecule has 1 aliphatic heterocycles. The maximum Gasteiger partial charge on any atom is 0.416 e. The van der Waals surface area contributed by atoms with Crippen LogP contribution in [0.1, 0.15) is 73.0 Å². The van der Waals surface area contributed by atoms with Crippen LogP contribution < -0.4 is 4.74 Å². The third-order valence-corrected chi connectivity index (χ3v) is 13.3. The molecule has 2 aromatic carbocycles. The number of esters is 1. The zero-order valence-electron chi connectivity index (χ0n) is 27.5. The van der Waals surface area contributed by atoms with E-state index in [0.29, 0.717) is 0 Å². The number of amides is 1. The molecule has 0 spiro atoms. The van der Waals surface area contributed by atoms with Crippen molar-refractivity contribution in [3.05, 3.63) is 76.4 Å². The molecule has 270 valence electrons. The number of likely N-dealkylation sites (tertiary alicyclic amines) is 1. The monoisotopic (exact) mass is 743 g/mol. The fourth-order valence-corrected chi connectivity index (χ4v) is 9.86. The van der Waals surface area contributed by atoms with E-state index in [9.17, 15) is 36.3 Å². The number of benzene rings is 2. The lowest BCUT2D eigenvalue weighted by molar-refractivity contribution is -0.139. The number of methoxy groups -OCH3 is 1. The van der Waals surface area contributed by atoms with Crippen LogP contribution in [-0.2, 0) is 26.0 Å². The van der Waals surface area contributed by atoms with Crippen molar-refractivity contribution in [1.29, 1.82) is 0 Å². The molecule has 1 fully saturated rings. The molecule has 5 rings (SSSR count). The van der Waals surface area contributed by atoms with Gasteiger partial charge in [-0.25, -0.2) is 23.0 Å². The Morgan fingerprint density at radius 2 is 1.66 bits per heavy atom. The van der Waals surface area contributed by atoms with Gasteiger partial charge in [-0.3, -0.25) is 4.57 Å². The summed E-state index contributed by atoms with van der Waals surface area (Å²) in [5, 5.41) is 5.17. The van der Waals surface area contributed by atoms with Gasteiger partial charge in [0.05, 0.1) is 28.5 Å². The number of fused-ring (bicyclic) bond motifs is 1. The number of hydrogen-bond donors (Lipinski definition) is 1. The SMILES string of the molecule is COC(=O)c1sc(-n2cnc3ccc(C(F)(F)S(=O)(=O)C4(C(C)(C)C)CCN(C(=O)O)CC4)cc32)cc1O[C@H](C)c1ccccc1C(F)(F)F. The Morgan fingerprint density at radius 1 is 1.02 bits per heavy atom. The Kier molecular flexibility index (Phi) is 9.49. The van der Waals surface area contributed by atoms with Crippen molar-refractivity contribution in [2.45, 2.75) is 62.8 Å². The summed E-state index contributed by atoms with van der Waals surface area (Å²) in [5.41, 5.74) is -2.91. The number of hydrogen-bond acceptors (Lipinski definition) is 8. The molecule has 0 radical (unpaired) electrons. The third kappa shape index (κ3) is 6.18. The molecule has 2 aromatic heterocycles. The summed E-state index contributed by atoms with van der Waals surface area (Å²) in [4.78, 5) is 29.4. The van der Waals surface area contributed by atoms with E-state index in [1.54, 1.807) is 0 Å². The van der Waals surface area contributed by atoms with Crippen LogP contribution in [0.5, 0.6) is 5.75 Å². The predicted octanol–water partition coefficient (Wildman–Crippen LogP) is 8.06. The Morgan fingerprint density at radius 3 is 2.24 bits per heavy atom. The minimum atomic E-state index is -5.32. The van der Waals surface area contributed by atoms with Crippen molar-refractivity contribution in [3.63, 3.8) is 0 Å². The second kappa shape index (κ2) is 12.8. The number of alkyl halides is 5. The number of carbonyl (C=O) groups is 2. The molecule has 1 amide bonds. The molecule has 17 heteroatoms. The maximum atomic E-state index is 16.5. The smallest absolute Gasteiger partial charge is 0.416 e. The van der Waals surface area contributed by atoms with Gasteiger partial charge in [0.25, 0.3) is 0 Å². The van der Waals surface area contributed by atoms with Gasteiger partial charge in [-0.15, -0.1) is 11.3 Å². The summed E-state index contributed by atoms with van der Waals surface area (Å²) in [6.07, 6.45) is -6.54. The lowest BCUT2D eigenvalue weighted by Crippen LogP contribution is -2.60. The van der Waals surface area contributed by atoms with E-state index in [0.717, 1.165) is 41.5 Å². The molecule has 3 heterocycles. The largest absolute Gasteiger partial charge is 0.484 e. The highest BCUT2D eigenvalue weighted by Crippen LogP contribution is 2.53. The summed E-state index contributed by atoms with van der Waals surface area (Å²) in [6.45, 7) is 5.51. The first kappa shape index (κ1) is 37.0. The van der Waals surface area contributed by atoms with Crippen LogP contribution in [0.15, 0.2) is 54.9 Å². The average Bonchev–Trinajstić information content (AvgIpc) is 3.67. The van der Waals surface area contributed by atoms with Crippen LogP contribution in [0.3, 0.4) is 0 Å². The number of thiophene rings is 1. The molecule has 1 aliphatic rings. The first-order valence-corrected chi connectivity index (χ1v) is 17.6. The summed E-state index contributed by atoms with van der Waals surface area (Å²) < 4.78 is 112. The first-order valence-electron chi connectivity index (χ1n) is 15.3. The minimum absolute atomic E-state index is 0.0440. The number of nitrogens with zero attached hydrogens (tertiary/aromatic N) is 3. The van der Waals surface area contributed by atoms with Crippen molar-refractivity contribution in [3.8, 4) is 10.8 Å². The lowest BCUT2D eigenvalue weighted by Gasteiger charge is -2.49. The molecule has 0 aliphatic carbocycles. The number of piperidine rings is 1. The van der Waals surface area contributed by atoms with Crippen LogP contribution in [0, 0.1) is 5.41 Å². The van der Waals surface area contributed by atoms with Crippen LogP contribution in [-0.4, -0.2) is 65.0 Å². The van der Waals surface area contributed by atoms with Crippen LogP contribution >= 0.6 is 11.3 Å². The number of halogens is 5. The van der Waals surface area contributed by atoms with Crippen molar-refractivity contribution >= 4 is 44.3 Å². The Balaban J connectivity index is 1.56. The van der Waals surface area contributed by atoms with Crippen molar-refractivity contribution in [2.75, 3.05) is 20.2 Å². The molecule has 50 heavy (non-hydrogen) atoms. The number of sulfone groups is 1. The summed E-state index contributed by atoms with van der Waals surface area (Å²) in [5.74, 6) is -0.997. The van der Waals surface area contributed by atoms with Crippen molar-refractivity contribution in [1.82, 2.24) is 14.5 Å². The third-order valence-electron chi connectivity index (χ3n) is 9.24. The highest BCUT2D eigenvalue weighted by atomic mass is 32.2. The van der Waals surface area contributed by atoms with Gasteiger partial charge in [-0.1, -0.05) is 39.0 Å². The number of carbonyl (C=O) groups excluding carboxylic acids is 1. The zero-order valence-corrected chi connectivity index (χ0v) is 29.2. The number of aromatic nitrogens is 2.